The van der Waals surface area contributed by atoms with E-state index in [0.29, 0.717) is 12.5 Å². The molecule has 0 aliphatic carbocycles. The Balaban J connectivity index is 1.37. The lowest BCUT2D eigenvalue weighted by atomic mass is 10.1. The van der Waals surface area contributed by atoms with Gasteiger partial charge in [0.15, 0.2) is 0 Å². The summed E-state index contributed by atoms with van der Waals surface area (Å²) >= 11 is 0. The number of hydrogen-bond donors (Lipinski definition) is 1. The number of carbonyl (C=O) groups is 1. The minimum Gasteiger partial charge on any atom is -0.494 e. The van der Waals surface area contributed by atoms with Gasteiger partial charge in [-0.2, -0.15) is 0 Å². The number of morpholine rings is 1. The second-order valence-corrected chi connectivity index (χ2v) is 9.05. The van der Waals surface area contributed by atoms with Gasteiger partial charge in [0.25, 0.3) is 0 Å². The molecule has 1 N–H and O–H groups in total. The Kier molecular flexibility index (Phi) is 7.80. The van der Waals surface area contributed by atoms with Gasteiger partial charge in [0.2, 0.25) is 5.91 Å². The van der Waals surface area contributed by atoms with Crippen LogP contribution in [0, 0.1) is 12.8 Å². The number of amides is 1. The van der Waals surface area contributed by atoms with Crippen molar-refractivity contribution in [2.45, 2.75) is 27.2 Å². The summed E-state index contributed by atoms with van der Waals surface area (Å²) in [6, 6.07) is 15.7. The quantitative estimate of drug-likeness (QED) is 0.454. The molecule has 178 valence electrons. The van der Waals surface area contributed by atoms with Crippen molar-refractivity contribution in [3.63, 3.8) is 0 Å². The molecule has 1 saturated heterocycles. The van der Waals surface area contributed by atoms with Gasteiger partial charge in [-0.1, -0.05) is 26.0 Å². The molecule has 3 aromatic rings. The fourth-order valence-electron chi connectivity index (χ4n) is 3.85. The number of benzene rings is 2. The lowest BCUT2D eigenvalue weighted by Crippen LogP contribution is -2.36. The van der Waals surface area contributed by atoms with Gasteiger partial charge >= 0.3 is 0 Å². The van der Waals surface area contributed by atoms with Crippen LogP contribution in [0.25, 0.3) is 17.0 Å². The van der Waals surface area contributed by atoms with Crippen molar-refractivity contribution < 1.29 is 14.3 Å². The Morgan fingerprint density at radius 2 is 1.91 bits per heavy atom. The van der Waals surface area contributed by atoms with E-state index in [9.17, 15) is 4.79 Å². The van der Waals surface area contributed by atoms with Crippen LogP contribution >= 0.6 is 0 Å². The lowest BCUT2D eigenvalue weighted by molar-refractivity contribution is -0.111. The maximum absolute atomic E-state index is 12.5. The number of carbonyl (C=O) groups excluding carboxylic acids is 1. The summed E-state index contributed by atoms with van der Waals surface area (Å²) in [6.07, 6.45) is 4.38. The van der Waals surface area contributed by atoms with Crippen LogP contribution in [0.5, 0.6) is 5.75 Å². The van der Waals surface area contributed by atoms with Crippen LogP contribution < -0.4 is 15.0 Å². The zero-order valence-electron chi connectivity index (χ0n) is 20.2. The van der Waals surface area contributed by atoms with Crippen molar-refractivity contribution in [1.82, 2.24) is 4.98 Å². The van der Waals surface area contributed by atoms with Crippen LogP contribution in [0.1, 0.15) is 31.4 Å². The molecule has 34 heavy (non-hydrogen) atoms. The number of aromatic nitrogens is 1. The third-order valence-corrected chi connectivity index (χ3v) is 5.88. The smallest absolute Gasteiger partial charge is 0.248 e. The fourth-order valence-corrected chi connectivity index (χ4v) is 3.85. The zero-order chi connectivity index (χ0) is 23.9. The molecule has 1 amide bonds. The Labute approximate surface area is 201 Å². The number of fused-ring (bicyclic) bond motifs is 1. The summed E-state index contributed by atoms with van der Waals surface area (Å²) in [5.41, 5.74) is 3.75. The van der Waals surface area contributed by atoms with Crippen molar-refractivity contribution in [2.24, 2.45) is 5.92 Å². The molecule has 2 aromatic carbocycles. The Hall–Kier alpha value is -3.38. The number of rotatable bonds is 8. The average molecular weight is 460 g/mol. The molecular formula is C28H33N3O3. The highest BCUT2D eigenvalue weighted by Crippen LogP contribution is 2.26. The van der Waals surface area contributed by atoms with E-state index in [1.165, 1.54) is 0 Å². The molecule has 0 spiro atoms. The normalized spacial score (nSPS) is 14.2. The van der Waals surface area contributed by atoms with Gasteiger partial charge in [-0.3, -0.25) is 4.79 Å². The molecule has 1 aliphatic heterocycles. The van der Waals surface area contributed by atoms with Crippen molar-refractivity contribution in [3.8, 4) is 5.75 Å². The van der Waals surface area contributed by atoms with Crippen molar-refractivity contribution >= 4 is 34.4 Å². The van der Waals surface area contributed by atoms with E-state index in [-0.39, 0.29) is 5.91 Å². The standard InChI is InChI=1S/C28H33N3O3/c1-20(2)12-15-34-24-8-4-22(5-9-24)6-11-28(32)29-23-7-10-26-25(19-23)21(3)18-27(30-26)31-13-16-33-17-14-31/h4-11,18-20H,12-17H2,1-3H3,(H,29,32)/b11-6+. The van der Waals surface area contributed by atoms with Gasteiger partial charge in [0.1, 0.15) is 11.6 Å². The fraction of sp³-hybridized carbons (Fsp3) is 0.357. The summed E-state index contributed by atoms with van der Waals surface area (Å²) < 4.78 is 11.2. The zero-order valence-corrected chi connectivity index (χ0v) is 20.2. The highest BCUT2D eigenvalue weighted by Gasteiger charge is 2.14. The van der Waals surface area contributed by atoms with Crippen LogP contribution in [0.15, 0.2) is 54.6 Å². The Bertz CT molecular complexity index is 1150. The summed E-state index contributed by atoms with van der Waals surface area (Å²) in [6.45, 7) is 10.3. The maximum Gasteiger partial charge on any atom is 0.248 e. The van der Waals surface area contributed by atoms with Crippen molar-refractivity contribution in [2.75, 3.05) is 43.1 Å². The molecule has 2 heterocycles. The number of aryl methyl sites for hydroxylation is 1. The molecule has 1 aromatic heterocycles. The molecule has 6 heteroatoms. The van der Waals surface area contributed by atoms with E-state index in [1.54, 1.807) is 12.2 Å². The predicted octanol–water partition coefficient (Wildman–Crippen LogP) is 5.46. The van der Waals surface area contributed by atoms with Gasteiger partial charge in [-0.25, -0.2) is 4.98 Å². The molecule has 0 atom stereocenters. The summed E-state index contributed by atoms with van der Waals surface area (Å²) in [7, 11) is 0. The Morgan fingerprint density at radius 1 is 1.15 bits per heavy atom. The molecule has 0 saturated carbocycles. The highest BCUT2D eigenvalue weighted by molar-refractivity contribution is 6.03. The second kappa shape index (κ2) is 11.2. The minimum absolute atomic E-state index is 0.174. The summed E-state index contributed by atoms with van der Waals surface area (Å²) in [4.78, 5) is 19.6. The van der Waals surface area contributed by atoms with E-state index >= 15 is 0 Å². The first-order valence-electron chi connectivity index (χ1n) is 11.9. The van der Waals surface area contributed by atoms with Crippen LogP contribution in [0.3, 0.4) is 0 Å². The predicted molar refractivity (Wildman–Crippen MR) is 139 cm³/mol. The first-order valence-corrected chi connectivity index (χ1v) is 11.9. The molecule has 6 nitrogen and oxygen atoms in total. The van der Waals surface area contributed by atoms with Gasteiger partial charge < -0.3 is 19.7 Å². The Morgan fingerprint density at radius 3 is 2.65 bits per heavy atom. The third kappa shape index (κ3) is 6.35. The van der Waals surface area contributed by atoms with Gasteiger partial charge in [0, 0.05) is 30.2 Å². The van der Waals surface area contributed by atoms with E-state index in [4.69, 9.17) is 14.5 Å². The molecule has 4 rings (SSSR count). The average Bonchev–Trinajstić information content (AvgIpc) is 2.84. The van der Waals surface area contributed by atoms with E-state index in [1.807, 2.05) is 42.5 Å². The SMILES string of the molecule is Cc1cc(N2CCOCC2)nc2ccc(NC(=O)/C=C/c3ccc(OCCC(C)C)cc3)cc12. The molecule has 0 unspecified atom stereocenters. The number of anilines is 2. The lowest BCUT2D eigenvalue weighted by Gasteiger charge is -2.28. The highest BCUT2D eigenvalue weighted by atomic mass is 16.5. The van der Waals surface area contributed by atoms with Crippen molar-refractivity contribution in [3.05, 3.63) is 65.7 Å². The monoisotopic (exact) mass is 459 g/mol. The van der Waals surface area contributed by atoms with E-state index in [0.717, 1.165) is 72.0 Å². The third-order valence-electron chi connectivity index (χ3n) is 5.88. The number of nitrogens with one attached hydrogen (secondary N) is 1. The van der Waals surface area contributed by atoms with Crippen LogP contribution in [0.4, 0.5) is 11.5 Å². The van der Waals surface area contributed by atoms with Crippen LogP contribution in [0.2, 0.25) is 0 Å². The summed E-state index contributed by atoms with van der Waals surface area (Å²) in [5, 5.41) is 3.99. The van der Waals surface area contributed by atoms with Gasteiger partial charge in [-0.05, 0) is 72.9 Å². The second-order valence-electron chi connectivity index (χ2n) is 9.05. The molecule has 1 aliphatic rings. The number of hydrogen-bond acceptors (Lipinski definition) is 5. The number of ether oxygens (including phenoxy) is 2. The molecule has 0 bridgehead atoms. The van der Waals surface area contributed by atoms with Crippen LogP contribution in [-0.4, -0.2) is 43.8 Å². The maximum atomic E-state index is 12.5. The van der Waals surface area contributed by atoms with Crippen molar-refractivity contribution in [1.29, 1.82) is 0 Å². The van der Waals surface area contributed by atoms with Gasteiger partial charge in [-0.15, -0.1) is 0 Å². The first kappa shape index (κ1) is 23.8. The molecule has 1 fully saturated rings. The van der Waals surface area contributed by atoms with Gasteiger partial charge in [0.05, 0.1) is 25.3 Å². The molecule has 0 radical (unpaired) electrons. The number of nitrogens with zero attached hydrogens (tertiary/aromatic N) is 2. The first-order chi connectivity index (χ1) is 16.5. The minimum atomic E-state index is -0.174. The molecular weight excluding hydrogens is 426 g/mol. The van der Waals surface area contributed by atoms with E-state index in [2.05, 4.69) is 37.1 Å². The van der Waals surface area contributed by atoms with E-state index < -0.39 is 0 Å². The summed E-state index contributed by atoms with van der Waals surface area (Å²) in [5.74, 6) is 2.27. The topological polar surface area (TPSA) is 63.7 Å². The van der Waals surface area contributed by atoms with Crippen LogP contribution in [-0.2, 0) is 9.53 Å². The number of pyridine rings is 1. The largest absolute Gasteiger partial charge is 0.494 e.